The van der Waals surface area contributed by atoms with E-state index in [4.69, 9.17) is 9.84 Å². The minimum absolute atomic E-state index is 0.144. The van der Waals surface area contributed by atoms with Crippen LogP contribution in [-0.2, 0) is 14.3 Å². The molecule has 0 spiro atoms. The van der Waals surface area contributed by atoms with Gasteiger partial charge >= 0.3 is 5.97 Å². The van der Waals surface area contributed by atoms with Gasteiger partial charge in [-0.1, -0.05) is 30.3 Å². The highest BCUT2D eigenvalue weighted by atomic mass is 16.5. The molecule has 1 unspecified atom stereocenters. The van der Waals surface area contributed by atoms with Crippen LogP contribution in [0.25, 0.3) is 0 Å². The molecule has 1 amide bonds. The van der Waals surface area contributed by atoms with Crippen LogP contribution >= 0.6 is 0 Å². The lowest BCUT2D eigenvalue weighted by molar-refractivity contribution is -0.150. The van der Waals surface area contributed by atoms with Gasteiger partial charge in [-0.25, -0.2) is 0 Å². The van der Waals surface area contributed by atoms with Crippen molar-refractivity contribution in [1.82, 2.24) is 4.90 Å². The van der Waals surface area contributed by atoms with Gasteiger partial charge in [0.1, 0.15) is 0 Å². The van der Waals surface area contributed by atoms with Crippen molar-refractivity contribution >= 4 is 11.9 Å². The second-order valence-electron chi connectivity index (χ2n) is 5.21. The highest BCUT2D eigenvalue weighted by molar-refractivity contribution is 5.83. The zero-order chi connectivity index (χ0) is 15.2. The van der Waals surface area contributed by atoms with Gasteiger partial charge in [-0.2, -0.15) is 0 Å². The Bertz CT molecular complexity index is 488. The highest BCUT2D eigenvalue weighted by Crippen LogP contribution is 2.24. The number of carboxylic acid groups (broad SMARTS) is 1. The Morgan fingerprint density at radius 2 is 2.10 bits per heavy atom. The van der Waals surface area contributed by atoms with Gasteiger partial charge < -0.3 is 14.7 Å². The molecule has 0 aromatic heterocycles. The monoisotopic (exact) mass is 291 g/mol. The van der Waals surface area contributed by atoms with Crippen molar-refractivity contribution in [2.45, 2.75) is 25.9 Å². The van der Waals surface area contributed by atoms with Crippen LogP contribution in [0.5, 0.6) is 0 Å². The quantitative estimate of drug-likeness (QED) is 0.902. The Labute approximate surface area is 124 Å². The minimum atomic E-state index is -0.833. The van der Waals surface area contributed by atoms with Crippen LogP contribution in [-0.4, -0.2) is 41.6 Å². The predicted octanol–water partition coefficient (Wildman–Crippen LogP) is 2.09. The Kier molecular flexibility index (Phi) is 5.33. The van der Waals surface area contributed by atoms with Crippen molar-refractivity contribution in [2.75, 3.05) is 19.7 Å². The molecule has 2 rings (SSSR count). The first-order valence-corrected chi connectivity index (χ1v) is 7.31. The molecule has 0 aliphatic carbocycles. The summed E-state index contributed by atoms with van der Waals surface area (Å²) in [6.45, 7) is 3.14. The van der Waals surface area contributed by atoms with E-state index in [0.29, 0.717) is 19.6 Å². The molecule has 2 atom stereocenters. The number of hydrogen-bond donors (Lipinski definition) is 1. The number of hydrogen-bond acceptors (Lipinski definition) is 3. The summed E-state index contributed by atoms with van der Waals surface area (Å²) in [6, 6.07) is 9.34. The number of aliphatic carboxylic acids is 1. The van der Waals surface area contributed by atoms with Gasteiger partial charge in [0, 0.05) is 19.7 Å². The molecule has 1 saturated heterocycles. The molecular weight excluding hydrogens is 270 g/mol. The highest BCUT2D eigenvalue weighted by Gasteiger charge is 2.32. The summed E-state index contributed by atoms with van der Waals surface area (Å²) in [7, 11) is 0. The van der Waals surface area contributed by atoms with Crippen LogP contribution in [0.15, 0.2) is 30.3 Å². The van der Waals surface area contributed by atoms with E-state index in [0.717, 1.165) is 12.0 Å². The number of likely N-dealkylation sites (tertiary alicyclic amines) is 1. The molecule has 1 heterocycles. The molecular formula is C16H21NO4. The van der Waals surface area contributed by atoms with Crippen molar-refractivity contribution in [3.63, 3.8) is 0 Å². The smallest absolute Gasteiger partial charge is 0.308 e. The van der Waals surface area contributed by atoms with E-state index in [1.54, 1.807) is 4.90 Å². The van der Waals surface area contributed by atoms with E-state index in [9.17, 15) is 9.59 Å². The summed E-state index contributed by atoms with van der Waals surface area (Å²) in [5.41, 5.74) is 0.807. The molecule has 0 bridgehead atoms. The van der Waals surface area contributed by atoms with E-state index in [1.165, 1.54) is 0 Å². The molecule has 21 heavy (non-hydrogen) atoms. The van der Waals surface area contributed by atoms with Crippen LogP contribution in [0.3, 0.4) is 0 Å². The average molecular weight is 291 g/mol. The lowest BCUT2D eigenvalue weighted by Gasteiger charge is -2.33. The number of carboxylic acids is 1. The van der Waals surface area contributed by atoms with E-state index < -0.39 is 18.0 Å². The first-order chi connectivity index (χ1) is 10.1. The number of carbonyl (C=O) groups is 2. The molecule has 0 saturated carbocycles. The average Bonchev–Trinajstić information content (AvgIpc) is 2.53. The van der Waals surface area contributed by atoms with Crippen molar-refractivity contribution in [3.8, 4) is 0 Å². The summed E-state index contributed by atoms with van der Waals surface area (Å²) >= 11 is 0. The summed E-state index contributed by atoms with van der Waals surface area (Å²) < 4.78 is 5.60. The molecule has 1 aromatic rings. The van der Waals surface area contributed by atoms with Gasteiger partial charge in [0.15, 0.2) is 6.10 Å². The van der Waals surface area contributed by atoms with Crippen molar-refractivity contribution < 1.29 is 19.4 Å². The lowest BCUT2D eigenvalue weighted by Crippen LogP contribution is -2.44. The van der Waals surface area contributed by atoms with Crippen molar-refractivity contribution in [2.24, 2.45) is 5.92 Å². The van der Waals surface area contributed by atoms with E-state index >= 15 is 0 Å². The number of benzene rings is 1. The minimum Gasteiger partial charge on any atom is -0.481 e. The van der Waals surface area contributed by atoms with Crippen molar-refractivity contribution in [3.05, 3.63) is 35.9 Å². The van der Waals surface area contributed by atoms with Gasteiger partial charge in [-0.15, -0.1) is 0 Å². The number of rotatable bonds is 5. The topological polar surface area (TPSA) is 66.8 Å². The molecule has 1 aliphatic heterocycles. The molecule has 114 valence electrons. The largest absolute Gasteiger partial charge is 0.481 e. The van der Waals surface area contributed by atoms with E-state index in [2.05, 4.69) is 0 Å². The zero-order valence-electron chi connectivity index (χ0n) is 12.2. The fourth-order valence-electron chi connectivity index (χ4n) is 2.65. The number of piperidine rings is 1. The van der Waals surface area contributed by atoms with Gasteiger partial charge in [0.25, 0.3) is 5.91 Å². The van der Waals surface area contributed by atoms with Gasteiger partial charge in [-0.3, -0.25) is 9.59 Å². The first-order valence-electron chi connectivity index (χ1n) is 7.31. The Hall–Kier alpha value is -1.88. The van der Waals surface area contributed by atoms with Crippen LogP contribution in [0, 0.1) is 5.92 Å². The maximum atomic E-state index is 12.7. The molecule has 1 aliphatic rings. The third-order valence-electron chi connectivity index (χ3n) is 3.74. The molecule has 1 aromatic carbocycles. The molecule has 1 N–H and O–H groups in total. The standard InChI is InChI=1S/C16H21NO4/c1-2-21-14(12-7-4-3-5-8-12)15(18)17-10-6-9-13(11-17)16(19)20/h3-5,7-8,13-14H,2,6,9-11H2,1H3,(H,19,20)/t13-,14?/m0/s1. The van der Waals surface area contributed by atoms with Crippen LogP contribution in [0.2, 0.25) is 0 Å². The third-order valence-corrected chi connectivity index (χ3v) is 3.74. The van der Waals surface area contributed by atoms with E-state index in [-0.39, 0.29) is 12.5 Å². The number of carbonyl (C=O) groups excluding carboxylic acids is 1. The molecule has 5 heteroatoms. The van der Waals surface area contributed by atoms with E-state index in [1.807, 2.05) is 37.3 Å². The van der Waals surface area contributed by atoms with Gasteiger partial charge in [0.2, 0.25) is 0 Å². The number of nitrogens with zero attached hydrogens (tertiary/aromatic N) is 1. The summed E-state index contributed by atoms with van der Waals surface area (Å²) in [5, 5.41) is 9.13. The number of amides is 1. The molecule has 1 fully saturated rings. The van der Waals surface area contributed by atoms with Crippen LogP contribution in [0.1, 0.15) is 31.4 Å². The normalized spacial score (nSPS) is 20.0. The van der Waals surface area contributed by atoms with Crippen LogP contribution < -0.4 is 0 Å². The fourth-order valence-corrected chi connectivity index (χ4v) is 2.65. The van der Waals surface area contributed by atoms with Gasteiger partial charge in [0.05, 0.1) is 5.92 Å². The maximum absolute atomic E-state index is 12.7. The fraction of sp³-hybridized carbons (Fsp3) is 0.500. The summed E-state index contributed by atoms with van der Waals surface area (Å²) in [6.07, 6.45) is 0.698. The summed E-state index contributed by atoms with van der Waals surface area (Å²) in [5.74, 6) is -1.45. The third kappa shape index (κ3) is 3.82. The Morgan fingerprint density at radius 3 is 2.71 bits per heavy atom. The second kappa shape index (κ2) is 7.22. The van der Waals surface area contributed by atoms with Gasteiger partial charge in [-0.05, 0) is 25.3 Å². The zero-order valence-corrected chi connectivity index (χ0v) is 12.2. The lowest BCUT2D eigenvalue weighted by atomic mass is 9.97. The first kappa shape index (κ1) is 15.5. The Balaban J connectivity index is 2.13. The van der Waals surface area contributed by atoms with Crippen molar-refractivity contribution in [1.29, 1.82) is 0 Å². The maximum Gasteiger partial charge on any atom is 0.308 e. The Morgan fingerprint density at radius 1 is 1.38 bits per heavy atom. The second-order valence-corrected chi connectivity index (χ2v) is 5.21. The summed E-state index contributed by atoms with van der Waals surface area (Å²) in [4.78, 5) is 25.4. The van der Waals surface area contributed by atoms with Crippen LogP contribution in [0.4, 0.5) is 0 Å². The molecule has 5 nitrogen and oxygen atoms in total. The SMILES string of the molecule is CCOC(C(=O)N1CCC[C@H](C(=O)O)C1)c1ccccc1. The molecule has 0 radical (unpaired) electrons. The predicted molar refractivity (Wildman–Crippen MR) is 77.7 cm³/mol. The number of ether oxygens (including phenoxy) is 1.